The summed E-state index contributed by atoms with van der Waals surface area (Å²) in [4.78, 5) is 39.4. The van der Waals surface area contributed by atoms with Gasteiger partial charge in [0.2, 0.25) is 5.91 Å². The minimum absolute atomic E-state index is 0.00155. The van der Waals surface area contributed by atoms with Gasteiger partial charge in [-0.05, 0) is 63.4 Å². The fourth-order valence-electron chi connectivity index (χ4n) is 3.81. The zero-order valence-electron chi connectivity index (χ0n) is 18.2. The van der Waals surface area contributed by atoms with Gasteiger partial charge in [0.15, 0.2) is 11.9 Å². The molecule has 0 spiro atoms. The van der Waals surface area contributed by atoms with Gasteiger partial charge in [0.05, 0.1) is 5.69 Å². The van der Waals surface area contributed by atoms with Crippen LogP contribution in [0, 0.1) is 20.8 Å². The minimum Gasteiger partial charge on any atom is -0.479 e. The second-order valence-corrected chi connectivity index (χ2v) is 7.86. The third kappa shape index (κ3) is 4.37. The van der Waals surface area contributed by atoms with Crippen LogP contribution < -0.4 is 15.0 Å². The van der Waals surface area contributed by atoms with Crippen molar-refractivity contribution in [2.24, 2.45) is 0 Å². The summed E-state index contributed by atoms with van der Waals surface area (Å²) in [7, 11) is 0. The third-order valence-corrected chi connectivity index (χ3v) is 5.21. The van der Waals surface area contributed by atoms with Gasteiger partial charge >= 0.3 is 0 Å². The Bertz CT molecular complexity index is 989. The summed E-state index contributed by atoms with van der Waals surface area (Å²) in [6, 6.07) is 9.06. The van der Waals surface area contributed by atoms with E-state index in [-0.39, 0.29) is 24.1 Å². The number of amides is 2. The minimum atomic E-state index is -0.703. The van der Waals surface area contributed by atoms with Crippen molar-refractivity contribution in [1.82, 2.24) is 0 Å². The summed E-state index contributed by atoms with van der Waals surface area (Å²) < 4.78 is 5.69. The normalized spacial score (nSPS) is 15.4. The van der Waals surface area contributed by atoms with Crippen LogP contribution in [0.3, 0.4) is 0 Å². The van der Waals surface area contributed by atoms with Crippen molar-refractivity contribution in [2.45, 2.75) is 53.6 Å². The summed E-state index contributed by atoms with van der Waals surface area (Å²) in [6.07, 6.45) is 0.463. The number of ether oxygens (including phenoxy) is 1. The molecule has 30 heavy (non-hydrogen) atoms. The SMILES string of the molecule is CCCC(=O)c1ccc2c(c1)N(CC(=O)Nc1c(C)cc(C)cc1C)C(=O)C(C)O2. The maximum atomic E-state index is 12.8. The summed E-state index contributed by atoms with van der Waals surface area (Å²) in [5, 5.41) is 2.94. The Morgan fingerprint density at radius 2 is 1.77 bits per heavy atom. The highest BCUT2D eigenvalue weighted by Crippen LogP contribution is 2.35. The van der Waals surface area contributed by atoms with Crippen LogP contribution in [-0.4, -0.2) is 30.2 Å². The summed E-state index contributed by atoms with van der Waals surface area (Å²) in [5.41, 5.74) is 4.78. The van der Waals surface area contributed by atoms with E-state index < -0.39 is 6.10 Å². The number of hydrogen-bond acceptors (Lipinski definition) is 4. The molecule has 1 aliphatic heterocycles. The van der Waals surface area contributed by atoms with Crippen LogP contribution in [0.2, 0.25) is 0 Å². The standard InChI is InChI=1S/C24H28N2O4/c1-6-7-20(27)18-8-9-21-19(12-18)26(24(29)17(5)30-21)13-22(28)25-23-15(3)10-14(2)11-16(23)4/h8-12,17H,6-7,13H2,1-5H3,(H,25,28). The van der Waals surface area contributed by atoms with Crippen LogP contribution in [-0.2, 0) is 9.59 Å². The molecule has 0 fully saturated rings. The van der Waals surface area contributed by atoms with Gasteiger partial charge in [-0.3, -0.25) is 19.3 Å². The number of carbonyl (C=O) groups excluding carboxylic acids is 3. The number of nitrogens with one attached hydrogen (secondary N) is 1. The van der Waals surface area contributed by atoms with Gasteiger partial charge in [0, 0.05) is 17.7 Å². The molecule has 2 aromatic rings. The summed E-state index contributed by atoms with van der Waals surface area (Å²) in [6.45, 7) is 9.33. The van der Waals surface area contributed by atoms with Crippen LogP contribution in [0.1, 0.15) is 53.7 Å². The van der Waals surface area contributed by atoms with Gasteiger partial charge in [0.1, 0.15) is 12.3 Å². The number of hydrogen-bond donors (Lipinski definition) is 1. The lowest BCUT2D eigenvalue weighted by Gasteiger charge is -2.33. The molecular formula is C24H28N2O4. The molecule has 3 rings (SSSR count). The molecular weight excluding hydrogens is 380 g/mol. The molecule has 0 aliphatic carbocycles. The number of fused-ring (bicyclic) bond motifs is 1. The summed E-state index contributed by atoms with van der Waals surface area (Å²) in [5.74, 6) is -0.119. The van der Waals surface area contributed by atoms with Gasteiger partial charge < -0.3 is 10.1 Å². The van der Waals surface area contributed by atoms with E-state index in [2.05, 4.69) is 5.32 Å². The molecule has 6 heteroatoms. The molecule has 0 saturated carbocycles. The first-order valence-corrected chi connectivity index (χ1v) is 10.2. The molecule has 1 N–H and O–H groups in total. The van der Waals surface area contributed by atoms with Crippen LogP contribution in [0.5, 0.6) is 5.75 Å². The quantitative estimate of drug-likeness (QED) is 0.721. The predicted molar refractivity (Wildman–Crippen MR) is 117 cm³/mol. The predicted octanol–water partition coefficient (Wildman–Crippen LogP) is 4.35. The molecule has 0 aromatic heterocycles. The molecule has 1 heterocycles. The van der Waals surface area contributed by atoms with Crippen molar-refractivity contribution in [3.63, 3.8) is 0 Å². The lowest BCUT2D eigenvalue weighted by Crippen LogP contribution is -2.47. The Labute approximate surface area is 177 Å². The molecule has 0 radical (unpaired) electrons. The molecule has 158 valence electrons. The smallest absolute Gasteiger partial charge is 0.268 e. The number of aryl methyl sites for hydroxylation is 3. The number of ketones is 1. The first-order chi connectivity index (χ1) is 14.2. The lowest BCUT2D eigenvalue weighted by atomic mass is 10.0. The fraction of sp³-hybridized carbons (Fsp3) is 0.375. The van der Waals surface area contributed by atoms with Crippen molar-refractivity contribution in [3.05, 3.63) is 52.6 Å². The monoisotopic (exact) mass is 408 g/mol. The molecule has 0 bridgehead atoms. The van der Waals surface area contributed by atoms with Crippen LogP contribution in [0.15, 0.2) is 30.3 Å². The van der Waals surface area contributed by atoms with E-state index in [1.165, 1.54) is 4.90 Å². The topological polar surface area (TPSA) is 75.7 Å². The zero-order valence-corrected chi connectivity index (χ0v) is 18.2. The van der Waals surface area contributed by atoms with E-state index in [1.807, 2.05) is 39.8 Å². The van der Waals surface area contributed by atoms with Crippen LogP contribution >= 0.6 is 0 Å². The Morgan fingerprint density at radius 1 is 1.10 bits per heavy atom. The highest BCUT2D eigenvalue weighted by molar-refractivity contribution is 6.07. The molecule has 1 unspecified atom stereocenters. The lowest BCUT2D eigenvalue weighted by molar-refractivity contribution is -0.127. The van der Waals surface area contributed by atoms with Crippen LogP contribution in [0.25, 0.3) is 0 Å². The molecule has 1 aliphatic rings. The average Bonchev–Trinajstić information content (AvgIpc) is 2.68. The zero-order chi connectivity index (χ0) is 22.0. The maximum absolute atomic E-state index is 12.8. The van der Waals surface area contributed by atoms with E-state index in [0.29, 0.717) is 23.4 Å². The number of carbonyl (C=O) groups is 3. The van der Waals surface area contributed by atoms with Crippen molar-refractivity contribution in [1.29, 1.82) is 0 Å². The van der Waals surface area contributed by atoms with E-state index in [1.54, 1.807) is 25.1 Å². The van der Waals surface area contributed by atoms with E-state index >= 15 is 0 Å². The van der Waals surface area contributed by atoms with Gasteiger partial charge in [-0.1, -0.05) is 24.6 Å². The Balaban J connectivity index is 1.88. The Morgan fingerprint density at radius 3 is 2.40 bits per heavy atom. The van der Waals surface area contributed by atoms with E-state index in [4.69, 9.17) is 4.74 Å². The van der Waals surface area contributed by atoms with Crippen molar-refractivity contribution >= 4 is 29.0 Å². The highest BCUT2D eigenvalue weighted by Gasteiger charge is 2.33. The van der Waals surface area contributed by atoms with Gasteiger partial charge in [-0.15, -0.1) is 0 Å². The third-order valence-electron chi connectivity index (χ3n) is 5.21. The van der Waals surface area contributed by atoms with Gasteiger partial charge in [-0.2, -0.15) is 0 Å². The largest absolute Gasteiger partial charge is 0.479 e. The number of anilines is 2. The Kier molecular flexibility index (Phi) is 6.25. The van der Waals surface area contributed by atoms with Gasteiger partial charge in [-0.25, -0.2) is 0 Å². The average molecular weight is 408 g/mol. The first-order valence-electron chi connectivity index (χ1n) is 10.2. The van der Waals surface area contributed by atoms with Crippen molar-refractivity contribution in [3.8, 4) is 5.75 Å². The molecule has 1 atom stereocenters. The first kappa shape index (κ1) is 21.6. The summed E-state index contributed by atoms with van der Waals surface area (Å²) >= 11 is 0. The fourth-order valence-corrected chi connectivity index (χ4v) is 3.81. The Hall–Kier alpha value is -3.15. The second kappa shape index (κ2) is 8.69. The molecule has 6 nitrogen and oxygen atoms in total. The number of Topliss-reactive ketones (excluding diaryl/α,β-unsaturated/α-hetero) is 1. The maximum Gasteiger partial charge on any atom is 0.268 e. The number of rotatable bonds is 6. The molecule has 2 amide bonds. The number of benzene rings is 2. The molecule has 2 aromatic carbocycles. The number of nitrogens with zero attached hydrogens (tertiary/aromatic N) is 1. The molecule has 0 saturated heterocycles. The van der Waals surface area contributed by atoms with Crippen molar-refractivity contribution in [2.75, 3.05) is 16.8 Å². The second-order valence-electron chi connectivity index (χ2n) is 7.86. The van der Waals surface area contributed by atoms with Gasteiger partial charge in [0.25, 0.3) is 5.91 Å². The van der Waals surface area contributed by atoms with E-state index in [9.17, 15) is 14.4 Å². The van der Waals surface area contributed by atoms with Crippen LogP contribution in [0.4, 0.5) is 11.4 Å². The van der Waals surface area contributed by atoms with Crippen molar-refractivity contribution < 1.29 is 19.1 Å². The highest BCUT2D eigenvalue weighted by atomic mass is 16.5. The van der Waals surface area contributed by atoms with E-state index in [0.717, 1.165) is 28.8 Å².